The molecule has 0 saturated heterocycles. The van der Waals surface area contributed by atoms with Gasteiger partial charge in [-0.15, -0.1) is 6.42 Å². The summed E-state index contributed by atoms with van der Waals surface area (Å²) in [5.41, 5.74) is 3.07. The van der Waals surface area contributed by atoms with E-state index in [0.717, 1.165) is 26.9 Å². The Morgan fingerprint density at radius 2 is 1.84 bits per heavy atom. The van der Waals surface area contributed by atoms with Gasteiger partial charge in [0.2, 0.25) is 0 Å². The fourth-order valence-electron chi connectivity index (χ4n) is 2.18. The van der Waals surface area contributed by atoms with E-state index in [2.05, 4.69) is 26.4 Å². The summed E-state index contributed by atoms with van der Waals surface area (Å²) >= 11 is 3.57. The van der Waals surface area contributed by atoms with Crippen molar-refractivity contribution in [2.75, 3.05) is 0 Å². The van der Waals surface area contributed by atoms with Crippen LogP contribution in [-0.2, 0) is 6.54 Å². The standard InChI is InChI=1S/C16H11BrN2/c1-2-11-19-15-10-6-5-9-14(15)18-16(19)12-7-3-4-8-13(12)17/h1,3-10H,11H2. The predicted octanol–water partition coefficient (Wildman–Crippen LogP) is 4.10. The normalized spacial score (nSPS) is 10.5. The van der Waals surface area contributed by atoms with Crippen LogP contribution in [0.2, 0.25) is 0 Å². The summed E-state index contributed by atoms with van der Waals surface area (Å²) in [6, 6.07) is 16.1. The van der Waals surface area contributed by atoms with Gasteiger partial charge in [-0.1, -0.05) is 52.2 Å². The SMILES string of the molecule is C#CCn1c(-c2ccccc2Br)nc2ccccc21. The monoisotopic (exact) mass is 310 g/mol. The number of terminal acetylenes is 1. The Kier molecular flexibility index (Phi) is 3.10. The fourth-order valence-corrected chi connectivity index (χ4v) is 2.64. The second kappa shape index (κ2) is 4.91. The van der Waals surface area contributed by atoms with E-state index >= 15 is 0 Å². The van der Waals surface area contributed by atoms with Crippen LogP contribution in [0.4, 0.5) is 0 Å². The van der Waals surface area contributed by atoms with Crippen LogP contribution in [0.5, 0.6) is 0 Å². The molecule has 0 aliphatic carbocycles. The van der Waals surface area contributed by atoms with Gasteiger partial charge in [0.05, 0.1) is 17.6 Å². The molecule has 2 aromatic carbocycles. The van der Waals surface area contributed by atoms with Crippen molar-refractivity contribution in [2.45, 2.75) is 6.54 Å². The van der Waals surface area contributed by atoms with E-state index < -0.39 is 0 Å². The van der Waals surface area contributed by atoms with Crippen molar-refractivity contribution in [1.82, 2.24) is 9.55 Å². The molecule has 0 atom stereocenters. The highest BCUT2D eigenvalue weighted by molar-refractivity contribution is 9.10. The van der Waals surface area contributed by atoms with Crippen LogP contribution in [0.3, 0.4) is 0 Å². The molecule has 19 heavy (non-hydrogen) atoms. The van der Waals surface area contributed by atoms with Crippen LogP contribution in [0.15, 0.2) is 53.0 Å². The minimum absolute atomic E-state index is 0.511. The molecule has 0 aliphatic rings. The lowest BCUT2D eigenvalue weighted by atomic mass is 10.2. The highest BCUT2D eigenvalue weighted by atomic mass is 79.9. The third-order valence-corrected chi connectivity index (χ3v) is 3.71. The molecule has 0 spiro atoms. The van der Waals surface area contributed by atoms with Gasteiger partial charge in [0.15, 0.2) is 0 Å². The van der Waals surface area contributed by atoms with Gasteiger partial charge < -0.3 is 4.57 Å². The Balaban J connectivity index is 2.32. The number of imidazole rings is 1. The van der Waals surface area contributed by atoms with Crippen LogP contribution >= 0.6 is 15.9 Å². The van der Waals surface area contributed by atoms with Gasteiger partial charge in [0.25, 0.3) is 0 Å². The maximum absolute atomic E-state index is 5.49. The summed E-state index contributed by atoms with van der Waals surface area (Å²) in [6.45, 7) is 0.511. The molecule has 0 saturated carbocycles. The molecule has 92 valence electrons. The number of hydrogen-bond acceptors (Lipinski definition) is 1. The maximum atomic E-state index is 5.49. The van der Waals surface area contributed by atoms with Crippen LogP contribution < -0.4 is 0 Å². The summed E-state index contributed by atoms with van der Waals surface area (Å²) in [5.74, 6) is 3.59. The number of halogens is 1. The van der Waals surface area contributed by atoms with Crippen molar-refractivity contribution in [3.63, 3.8) is 0 Å². The lowest BCUT2D eigenvalue weighted by molar-refractivity contribution is 0.881. The second-order valence-electron chi connectivity index (χ2n) is 4.19. The Labute approximate surface area is 120 Å². The number of para-hydroxylation sites is 2. The number of fused-ring (bicyclic) bond motifs is 1. The van der Waals surface area contributed by atoms with E-state index in [0.29, 0.717) is 6.54 Å². The van der Waals surface area contributed by atoms with Crippen molar-refractivity contribution < 1.29 is 0 Å². The van der Waals surface area contributed by atoms with E-state index in [1.165, 1.54) is 0 Å². The first-order valence-corrected chi connectivity index (χ1v) is 6.74. The van der Waals surface area contributed by atoms with E-state index in [1.54, 1.807) is 0 Å². The molecule has 0 amide bonds. The van der Waals surface area contributed by atoms with E-state index in [-0.39, 0.29) is 0 Å². The molecule has 0 unspecified atom stereocenters. The number of benzene rings is 2. The molecule has 0 fully saturated rings. The van der Waals surface area contributed by atoms with Crippen molar-refractivity contribution in [3.05, 3.63) is 53.0 Å². The highest BCUT2D eigenvalue weighted by Crippen LogP contribution is 2.30. The first-order valence-electron chi connectivity index (χ1n) is 5.95. The molecule has 1 aromatic heterocycles. The van der Waals surface area contributed by atoms with Crippen LogP contribution in [0.1, 0.15) is 0 Å². The highest BCUT2D eigenvalue weighted by Gasteiger charge is 2.13. The van der Waals surface area contributed by atoms with Crippen molar-refractivity contribution in [2.24, 2.45) is 0 Å². The Morgan fingerprint density at radius 1 is 1.11 bits per heavy atom. The molecule has 3 rings (SSSR count). The van der Waals surface area contributed by atoms with Gasteiger partial charge >= 0.3 is 0 Å². The van der Waals surface area contributed by atoms with E-state index in [9.17, 15) is 0 Å². The topological polar surface area (TPSA) is 17.8 Å². The van der Waals surface area contributed by atoms with Gasteiger partial charge in [-0.3, -0.25) is 0 Å². The molecule has 3 heteroatoms. The molecular formula is C16H11BrN2. The van der Waals surface area contributed by atoms with Gasteiger partial charge in [0.1, 0.15) is 5.82 Å². The summed E-state index contributed by atoms with van der Waals surface area (Å²) < 4.78 is 3.08. The molecule has 2 nitrogen and oxygen atoms in total. The van der Waals surface area contributed by atoms with Crippen molar-refractivity contribution in [1.29, 1.82) is 0 Å². The number of hydrogen-bond donors (Lipinski definition) is 0. The quantitative estimate of drug-likeness (QED) is 0.652. The van der Waals surface area contributed by atoms with E-state index in [4.69, 9.17) is 11.4 Å². The van der Waals surface area contributed by atoms with Crippen LogP contribution in [-0.4, -0.2) is 9.55 Å². The van der Waals surface area contributed by atoms with Gasteiger partial charge in [-0.05, 0) is 18.2 Å². The molecular weight excluding hydrogens is 300 g/mol. The first-order chi connectivity index (χ1) is 9.31. The lowest BCUT2D eigenvalue weighted by Crippen LogP contribution is -1.99. The molecule has 0 bridgehead atoms. The smallest absolute Gasteiger partial charge is 0.143 e. The molecule has 0 N–H and O–H groups in total. The predicted molar refractivity (Wildman–Crippen MR) is 81.7 cm³/mol. The average molecular weight is 311 g/mol. The van der Waals surface area contributed by atoms with Crippen molar-refractivity contribution in [3.8, 4) is 23.7 Å². The van der Waals surface area contributed by atoms with Gasteiger partial charge in [-0.2, -0.15) is 0 Å². The maximum Gasteiger partial charge on any atom is 0.143 e. The number of rotatable bonds is 2. The Hall–Kier alpha value is -2.05. The Bertz CT molecular complexity index is 781. The van der Waals surface area contributed by atoms with E-state index in [1.807, 2.05) is 48.5 Å². The minimum Gasteiger partial charge on any atom is -0.312 e. The zero-order chi connectivity index (χ0) is 13.2. The van der Waals surface area contributed by atoms with Crippen molar-refractivity contribution >= 4 is 27.0 Å². The van der Waals surface area contributed by atoms with Crippen LogP contribution in [0, 0.1) is 12.3 Å². The molecule has 1 heterocycles. The fraction of sp³-hybridized carbons (Fsp3) is 0.0625. The van der Waals surface area contributed by atoms with Gasteiger partial charge in [-0.25, -0.2) is 4.98 Å². The molecule has 3 aromatic rings. The zero-order valence-electron chi connectivity index (χ0n) is 10.2. The minimum atomic E-state index is 0.511. The second-order valence-corrected chi connectivity index (χ2v) is 5.05. The lowest BCUT2D eigenvalue weighted by Gasteiger charge is -2.07. The molecule has 0 aliphatic heterocycles. The van der Waals surface area contributed by atoms with Crippen LogP contribution in [0.25, 0.3) is 22.4 Å². The Morgan fingerprint density at radius 3 is 2.63 bits per heavy atom. The number of aromatic nitrogens is 2. The zero-order valence-corrected chi connectivity index (χ0v) is 11.8. The summed E-state index contributed by atoms with van der Waals surface area (Å²) in [4.78, 5) is 4.70. The average Bonchev–Trinajstić information content (AvgIpc) is 2.79. The summed E-state index contributed by atoms with van der Waals surface area (Å²) in [5, 5.41) is 0. The first kappa shape index (κ1) is 12.0. The number of nitrogens with zero attached hydrogens (tertiary/aromatic N) is 2. The third-order valence-electron chi connectivity index (χ3n) is 3.02. The summed E-state index contributed by atoms with van der Waals surface area (Å²) in [7, 11) is 0. The third kappa shape index (κ3) is 2.05. The molecule has 0 radical (unpaired) electrons. The van der Waals surface area contributed by atoms with Gasteiger partial charge in [0, 0.05) is 10.0 Å². The largest absolute Gasteiger partial charge is 0.312 e. The summed E-state index contributed by atoms with van der Waals surface area (Å²) in [6.07, 6.45) is 5.49.